The van der Waals surface area contributed by atoms with Gasteiger partial charge in [0.1, 0.15) is 6.04 Å². The van der Waals surface area contributed by atoms with E-state index in [0.717, 1.165) is 11.1 Å². The molecule has 3 rings (SSSR count). The standard InChI is InChI=1S/C17H14N2O3/c1-9(16(18)21)19-17(22)10-6-7-12-11-4-2-3-5-13(11)15(20)14(12)8-10/h2-9H,1H3,(H2,18,21)(H,19,22). The highest BCUT2D eigenvalue weighted by Crippen LogP contribution is 2.36. The number of benzene rings is 2. The molecule has 1 aliphatic carbocycles. The van der Waals surface area contributed by atoms with Crippen LogP contribution in [0.3, 0.4) is 0 Å². The van der Waals surface area contributed by atoms with Crippen molar-refractivity contribution in [3.63, 3.8) is 0 Å². The highest BCUT2D eigenvalue weighted by molar-refractivity contribution is 6.22. The van der Waals surface area contributed by atoms with E-state index in [9.17, 15) is 14.4 Å². The molecule has 110 valence electrons. The minimum absolute atomic E-state index is 0.0943. The molecule has 0 heterocycles. The van der Waals surface area contributed by atoms with Crippen LogP contribution in [0.2, 0.25) is 0 Å². The van der Waals surface area contributed by atoms with Crippen LogP contribution in [0.4, 0.5) is 0 Å². The predicted molar refractivity (Wildman–Crippen MR) is 81.4 cm³/mol. The molecule has 3 N–H and O–H groups in total. The predicted octanol–water partition coefficient (Wildman–Crippen LogP) is 1.50. The van der Waals surface area contributed by atoms with Gasteiger partial charge in [0.2, 0.25) is 5.91 Å². The average molecular weight is 294 g/mol. The maximum Gasteiger partial charge on any atom is 0.251 e. The Labute approximate surface area is 127 Å². The lowest BCUT2D eigenvalue weighted by Crippen LogP contribution is -2.42. The fraction of sp³-hybridized carbons (Fsp3) is 0.118. The number of amides is 2. The summed E-state index contributed by atoms with van der Waals surface area (Å²) in [6, 6.07) is 11.5. The number of primary amides is 1. The molecule has 1 atom stereocenters. The zero-order chi connectivity index (χ0) is 15.9. The van der Waals surface area contributed by atoms with E-state index in [1.807, 2.05) is 18.2 Å². The summed E-state index contributed by atoms with van der Waals surface area (Å²) in [4.78, 5) is 35.5. The Balaban J connectivity index is 1.95. The zero-order valence-electron chi connectivity index (χ0n) is 11.9. The molecular formula is C17H14N2O3. The van der Waals surface area contributed by atoms with Gasteiger partial charge in [-0.15, -0.1) is 0 Å². The van der Waals surface area contributed by atoms with Gasteiger partial charge >= 0.3 is 0 Å². The third-order valence-electron chi connectivity index (χ3n) is 3.76. The summed E-state index contributed by atoms with van der Waals surface area (Å²) < 4.78 is 0. The second-order valence-electron chi connectivity index (χ2n) is 5.23. The van der Waals surface area contributed by atoms with Crippen LogP contribution in [0.5, 0.6) is 0 Å². The first-order valence-electron chi connectivity index (χ1n) is 6.87. The molecule has 0 spiro atoms. The van der Waals surface area contributed by atoms with Crippen LogP contribution in [0.25, 0.3) is 11.1 Å². The molecule has 1 unspecified atom stereocenters. The maximum absolute atomic E-state index is 12.4. The molecule has 0 radical (unpaired) electrons. The Morgan fingerprint density at radius 3 is 2.32 bits per heavy atom. The highest BCUT2D eigenvalue weighted by atomic mass is 16.2. The lowest BCUT2D eigenvalue weighted by molar-refractivity contribution is -0.119. The van der Waals surface area contributed by atoms with E-state index in [2.05, 4.69) is 5.32 Å². The fourth-order valence-corrected chi connectivity index (χ4v) is 2.52. The second-order valence-corrected chi connectivity index (χ2v) is 5.23. The first kappa shape index (κ1) is 14.0. The van der Waals surface area contributed by atoms with Gasteiger partial charge in [-0.3, -0.25) is 14.4 Å². The van der Waals surface area contributed by atoms with Crippen molar-refractivity contribution in [3.8, 4) is 11.1 Å². The number of nitrogens with two attached hydrogens (primary N) is 1. The van der Waals surface area contributed by atoms with E-state index in [1.54, 1.807) is 24.3 Å². The van der Waals surface area contributed by atoms with Crippen LogP contribution in [0, 0.1) is 0 Å². The SMILES string of the molecule is CC(NC(=O)c1ccc2c(c1)C(=O)c1ccccc1-2)C(N)=O. The van der Waals surface area contributed by atoms with Crippen LogP contribution in [-0.2, 0) is 4.79 Å². The number of carbonyl (C=O) groups excluding carboxylic acids is 3. The molecule has 2 aromatic rings. The number of hydrogen-bond acceptors (Lipinski definition) is 3. The van der Waals surface area contributed by atoms with Crippen molar-refractivity contribution in [2.24, 2.45) is 5.73 Å². The molecule has 2 aromatic carbocycles. The highest BCUT2D eigenvalue weighted by Gasteiger charge is 2.27. The third-order valence-corrected chi connectivity index (χ3v) is 3.76. The lowest BCUT2D eigenvalue weighted by atomic mass is 10.0. The molecule has 5 heteroatoms. The van der Waals surface area contributed by atoms with Crippen molar-refractivity contribution in [2.45, 2.75) is 13.0 Å². The lowest BCUT2D eigenvalue weighted by Gasteiger charge is -2.10. The minimum Gasteiger partial charge on any atom is -0.368 e. The van der Waals surface area contributed by atoms with Gasteiger partial charge < -0.3 is 11.1 Å². The van der Waals surface area contributed by atoms with Crippen molar-refractivity contribution in [2.75, 3.05) is 0 Å². The Morgan fingerprint density at radius 2 is 1.64 bits per heavy atom. The second kappa shape index (κ2) is 5.11. The Morgan fingerprint density at radius 1 is 1.00 bits per heavy atom. The van der Waals surface area contributed by atoms with Gasteiger partial charge in [0.25, 0.3) is 5.91 Å². The average Bonchev–Trinajstić information content (AvgIpc) is 2.80. The normalized spacial score (nSPS) is 13.2. The number of hydrogen-bond donors (Lipinski definition) is 2. The van der Waals surface area contributed by atoms with E-state index in [4.69, 9.17) is 5.73 Å². The van der Waals surface area contributed by atoms with Gasteiger partial charge in [-0.2, -0.15) is 0 Å². The van der Waals surface area contributed by atoms with Crippen molar-refractivity contribution < 1.29 is 14.4 Å². The van der Waals surface area contributed by atoms with E-state index in [1.165, 1.54) is 6.92 Å². The smallest absolute Gasteiger partial charge is 0.251 e. The Kier molecular flexibility index (Phi) is 3.25. The summed E-state index contributed by atoms with van der Waals surface area (Å²) in [6.45, 7) is 1.51. The summed E-state index contributed by atoms with van der Waals surface area (Å²) in [6.07, 6.45) is 0. The Bertz CT molecular complexity index is 811. The van der Waals surface area contributed by atoms with Crippen molar-refractivity contribution in [1.29, 1.82) is 0 Å². The number of nitrogens with one attached hydrogen (secondary N) is 1. The summed E-state index contributed by atoms with van der Waals surface area (Å²) in [5.74, 6) is -1.14. The monoisotopic (exact) mass is 294 g/mol. The van der Waals surface area contributed by atoms with E-state index < -0.39 is 17.9 Å². The molecule has 0 aromatic heterocycles. The topological polar surface area (TPSA) is 89.3 Å². The van der Waals surface area contributed by atoms with E-state index in [-0.39, 0.29) is 5.78 Å². The van der Waals surface area contributed by atoms with Gasteiger partial charge in [-0.1, -0.05) is 30.3 Å². The number of fused-ring (bicyclic) bond motifs is 3. The first-order chi connectivity index (χ1) is 10.5. The summed E-state index contributed by atoms with van der Waals surface area (Å²) in [5, 5.41) is 2.50. The zero-order valence-corrected chi connectivity index (χ0v) is 11.9. The molecule has 0 saturated heterocycles. The molecular weight excluding hydrogens is 280 g/mol. The molecule has 2 amide bonds. The van der Waals surface area contributed by atoms with Crippen LogP contribution >= 0.6 is 0 Å². The number of ketones is 1. The molecule has 0 aliphatic heterocycles. The maximum atomic E-state index is 12.4. The molecule has 0 saturated carbocycles. The molecule has 1 aliphatic rings. The van der Waals surface area contributed by atoms with E-state index in [0.29, 0.717) is 16.7 Å². The van der Waals surface area contributed by atoms with Gasteiger partial charge in [0.15, 0.2) is 5.78 Å². The largest absolute Gasteiger partial charge is 0.368 e. The number of rotatable bonds is 3. The third kappa shape index (κ3) is 2.16. The van der Waals surface area contributed by atoms with Crippen LogP contribution in [0.15, 0.2) is 42.5 Å². The summed E-state index contributed by atoms with van der Waals surface area (Å²) in [7, 11) is 0. The minimum atomic E-state index is -0.770. The Hall–Kier alpha value is -2.95. The quantitative estimate of drug-likeness (QED) is 0.767. The molecule has 5 nitrogen and oxygen atoms in total. The first-order valence-corrected chi connectivity index (χ1v) is 6.87. The van der Waals surface area contributed by atoms with Crippen molar-refractivity contribution in [1.82, 2.24) is 5.32 Å². The fourth-order valence-electron chi connectivity index (χ4n) is 2.52. The van der Waals surface area contributed by atoms with Crippen LogP contribution < -0.4 is 11.1 Å². The summed E-state index contributed by atoms with van der Waals surface area (Å²) >= 11 is 0. The van der Waals surface area contributed by atoms with E-state index >= 15 is 0 Å². The van der Waals surface area contributed by atoms with Crippen molar-refractivity contribution >= 4 is 17.6 Å². The molecule has 0 bridgehead atoms. The molecule has 0 fully saturated rings. The molecule has 22 heavy (non-hydrogen) atoms. The van der Waals surface area contributed by atoms with Crippen LogP contribution in [-0.4, -0.2) is 23.6 Å². The van der Waals surface area contributed by atoms with Crippen LogP contribution in [0.1, 0.15) is 33.2 Å². The van der Waals surface area contributed by atoms with Gasteiger partial charge in [0.05, 0.1) is 0 Å². The van der Waals surface area contributed by atoms with Gasteiger partial charge in [0, 0.05) is 16.7 Å². The number of carbonyl (C=O) groups is 3. The van der Waals surface area contributed by atoms with Gasteiger partial charge in [-0.25, -0.2) is 0 Å². The van der Waals surface area contributed by atoms with Crippen molar-refractivity contribution in [3.05, 3.63) is 59.2 Å². The summed E-state index contributed by atoms with van der Waals surface area (Å²) in [5.41, 5.74) is 8.29. The van der Waals surface area contributed by atoms with Gasteiger partial charge in [-0.05, 0) is 30.2 Å².